The molecule has 5 nitrogen and oxygen atoms in total. The Morgan fingerprint density at radius 1 is 0.964 bits per heavy atom. The van der Waals surface area contributed by atoms with E-state index in [4.69, 9.17) is 0 Å². The van der Waals surface area contributed by atoms with Gasteiger partial charge in [-0.25, -0.2) is 13.8 Å². The van der Waals surface area contributed by atoms with E-state index < -0.39 is 11.6 Å². The average molecular weight is 381 g/mol. The van der Waals surface area contributed by atoms with Crippen LogP contribution < -0.4 is 10.6 Å². The van der Waals surface area contributed by atoms with Gasteiger partial charge in [-0.3, -0.25) is 4.98 Å². The van der Waals surface area contributed by atoms with Crippen LogP contribution in [0.5, 0.6) is 0 Å². The number of anilines is 3. The van der Waals surface area contributed by atoms with Gasteiger partial charge in [0.1, 0.15) is 17.5 Å². The lowest BCUT2D eigenvalue weighted by Crippen LogP contribution is -2.23. The predicted octanol–water partition coefficient (Wildman–Crippen LogP) is 5.31. The molecule has 0 amide bonds. The Morgan fingerprint density at radius 2 is 1.82 bits per heavy atom. The Hall–Kier alpha value is -3.09. The average Bonchev–Trinajstić information content (AvgIpc) is 2.72. The summed E-state index contributed by atoms with van der Waals surface area (Å²) in [6, 6.07) is 9.01. The molecule has 1 fully saturated rings. The number of nitrogens with one attached hydrogen (secondary N) is 2. The molecule has 2 heterocycles. The number of pyridine rings is 1. The van der Waals surface area contributed by atoms with Gasteiger partial charge in [-0.1, -0.05) is 19.3 Å². The standard InChI is InChI=1S/C21H21F2N5/c22-15-8-9-17(23)19(11-15)26-20-12-18(14-5-4-10-24-13-14)27-21(28-20)25-16-6-2-1-3-7-16/h4-5,8-13,16H,1-3,6-7H2,(H2,25,26,27,28). The molecule has 0 atom stereocenters. The summed E-state index contributed by atoms with van der Waals surface area (Å²) < 4.78 is 27.6. The zero-order valence-electron chi connectivity index (χ0n) is 15.3. The Bertz CT molecular complexity index is 943. The Kier molecular flexibility index (Phi) is 5.41. The molecule has 0 radical (unpaired) electrons. The van der Waals surface area contributed by atoms with E-state index in [2.05, 4.69) is 25.6 Å². The van der Waals surface area contributed by atoms with Gasteiger partial charge in [0.25, 0.3) is 0 Å². The lowest BCUT2D eigenvalue weighted by atomic mass is 9.96. The van der Waals surface area contributed by atoms with Gasteiger partial charge < -0.3 is 10.6 Å². The van der Waals surface area contributed by atoms with Crippen LogP contribution in [0.4, 0.5) is 26.2 Å². The lowest BCUT2D eigenvalue weighted by Gasteiger charge is -2.23. The maximum absolute atomic E-state index is 14.1. The van der Waals surface area contributed by atoms with Crippen molar-refractivity contribution in [1.82, 2.24) is 15.0 Å². The topological polar surface area (TPSA) is 62.7 Å². The molecule has 2 aromatic heterocycles. The minimum absolute atomic E-state index is 0.0273. The van der Waals surface area contributed by atoms with Gasteiger partial charge in [0, 0.05) is 36.1 Å². The number of halogens is 2. The van der Waals surface area contributed by atoms with Crippen LogP contribution in [0.2, 0.25) is 0 Å². The van der Waals surface area contributed by atoms with Gasteiger partial charge in [0.05, 0.1) is 11.4 Å². The maximum Gasteiger partial charge on any atom is 0.225 e. The van der Waals surface area contributed by atoms with Crippen molar-refractivity contribution >= 4 is 17.5 Å². The number of nitrogens with zero attached hydrogens (tertiary/aromatic N) is 3. The van der Waals surface area contributed by atoms with Crippen LogP contribution in [0.15, 0.2) is 48.8 Å². The van der Waals surface area contributed by atoms with Gasteiger partial charge in [-0.15, -0.1) is 0 Å². The quantitative estimate of drug-likeness (QED) is 0.627. The number of hydrogen-bond donors (Lipinski definition) is 2. The number of benzene rings is 1. The fourth-order valence-corrected chi connectivity index (χ4v) is 3.40. The number of hydrogen-bond acceptors (Lipinski definition) is 5. The van der Waals surface area contributed by atoms with E-state index in [9.17, 15) is 8.78 Å². The van der Waals surface area contributed by atoms with Crippen LogP contribution in [0.25, 0.3) is 11.3 Å². The van der Waals surface area contributed by atoms with E-state index >= 15 is 0 Å². The number of aromatic nitrogens is 3. The third kappa shape index (κ3) is 4.42. The highest BCUT2D eigenvalue weighted by Crippen LogP contribution is 2.26. The highest BCUT2D eigenvalue weighted by atomic mass is 19.1. The van der Waals surface area contributed by atoms with Crippen molar-refractivity contribution < 1.29 is 8.78 Å². The Balaban J connectivity index is 1.67. The van der Waals surface area contributed by atoms with Gasteiger partial charge in [-0.2, -0.15) is 4.98 Å². The van der Waals surface area contributed by atoms with Crippen molar-refractivity contribution in [2.24, 2.45) is 0 Å². The largest absolute Gasteiger partial charge is 0.351 e. The minimum Gasteiger partial charge on any atom is -0.351 e. The van der Waals surface area contributed by atoms with E-state index in [0.717, 1.165) is 36.6 Å². The fourth-order valence-electron chi connectivity index (χ4n) is 3.40. The summed E-state index contributed by atoms with van der Waals surface area (Å²) >= 11 is 0. The van der Waals surface area contributed by atoms with E-state index in [1.807, 2.05) is 12.1 Å². The van der Waals surface area contributed by atoms with Crippen LogP contribution in [0.3, 0.4) is 0 Å². The molecule has 0 unspecified atom stereocenters. The first kappa shape index (κ1) is 18.3. The highest BCUT2D eigenvalue weighted by molar-refractivity contribution is 5.67. The van der Waals surface area contributed by atoms with E-state index in [-0.39, 0.29) is 5.69 Å². The van der Waals surface area contributed by atoms with Crippen LogP contribution in [0, 0.1) is 11.6 Å². The molecule has 144 valence electrons. The second-order valence-corrected chi connectivity index (χ2v) is 6.93. The molecule has 0 spiro atoms. The first-order valence-corrected chi connectivity index (χ1v) is 9.45. The molecule has 28 heavy (non-hydrogen) atoms. The Morgan fingerprint density at radius 3 is 2.61 bits per heavy atom. The molecule has 0 aliphatic heterocycles. The minimum atomic E-state index is -0.551. The van der Waals surface area contributed by atoms with Crippen molar-refractivity contribution in [1.29, 1.82) is 0 Å². The normalized spacial score (nSPS) is 14.6. The molecule has 1 aliphatic rings. The molecule has 1 saturated carbocycles. The summed E-state index contributed by atoms with van der Waals surface area (Å²) in [7, 11) is 0. The summed E-state index contributed by atoms with van der Waals surface area (Å²) in [5.41, 5.74) is 1.50. The van der Waals surface area contributed by atoms with Crippen molar-refractivity contribution in [2.45, 2.75) is 38.1 Å². The molecule has 4 rings (SSSR count). The summed E-state index contributed by atoms with van der Waals surface area (Å²) in [4.78, 5) is 13.2. The molecule has 1 aliphatic carbocycles. The molecule has 7 heteroatoms. The maximum atomic E-state index is 14.1. The van der Waals surface area contributed by atoms with Crippen molar-refractivity contribution in [3.63, 3.8) is 0 Å². The van der Waals surface area contributed by atoms with Gasteiger partial charge in [-0.05, 0) is 37.1 Å². The van der Waals surface area contributed by atoms with Gasteiger partial charge >= 0.3 is 0 Å². The molecule has 2 N–H and O–H groups in total. The molecular weight excluding hydrogens is 360 g/mol. The van der Waals surface area contributed by atoms with Crippen LogP contribution >= 0.6 is 0 Å². The van der Waals surface area contributed by atoms with Crippen molar-refractivity contribution in [3.05, 3.63) is 60.4 Å². The lowest BCUT2D eigenvalue weighted by molar-refractivity contribution is 0.461. The zero-order valence-corrected chi connectivity index (χ0v) is 15.3. The van der Waals surface area contributed by atoms with Gasteiger partial charge in [0.15, 0.2) is 0 Å². The van der Waals surface area contributed by atoms with Gasteiger partial charge in [0.2, 0.25) is 5.95 Å². The number of rotatable bonds is 5. The molecule has 1 aromatic carbocycles. The fraction of sp³-hybridized carbons (Fsp3) is 0.286. The summed E-state index contributed by atoms with van der Waals surface area (Å²) in [6.45, 7) is 0. The van der Waals surface area contributed by atoms with E-state index in [0.29, 0.717) is 23.5 Å². The summed E-state index contributed by atoms with van der Waals surface area (Å²) in [5.74, 6) is -0.222. The van der Waals surface area contributed by atoms with E-state index in [1.165, 1.54) is 19.3 Å². The molecular formula is C21H21F2N5. The van der Waals surface area contributed by atoms with Crippen LogP contribution in [-0.2, 0) is 0 Å². The third-order valence-electron chi connectivity index (χ3n) is 4.81. The summed E-state index contributed by atoms with van der Waals surface area (Å²) in [5, 5.41) is 6.27. The van der Waals surface area contributed by atoms with Crippen LogP contribution in [0.1, 0.15) is 32.1 Å². The molecule has 3 aromatic rings. The van der Waals surface area contributed by atoms with Crippen molar-refractivity contribution in [3.8, 4) is 11.3 Å². The first-order chi connectivity index (χ1) is 13.7. The Labute approximate surface area is 162 Å². The second-order valence-electron chi connectivity index (χ2n) is 6.93. The molecule has 0 saturated heterocycles. The predicted molar refractivity (Wildman–Crippen MR) is 105 cm³/mol. The van der Waals surface area contributed by atoms with E-state index in [1.54, 1.807) is 18.5 Å². The molecule has 0 bridgehead atoms. The monoisotopic (exact) mass is 381 g/mol. The summed E-state index contributed by atoms with van der Waals surface area (Å²) in [6.07, 6.45) is 9.15. The van der Waals surface area contributed by atoms with Crippen LogP contribution in [-0.4, -0.2) is 21.0 Å². The highest BCUT2D eigenvalue weighted by Gasteiger charge is 2.16. The zero-order chi connectivity index (χ0) is 19.3. The van der Waals surface area contributed by atoms with Crippen molar-refractivity contribution in [2.75, 3.05) is 10.6 Å². The third-order valence-corrected chi connectivity index (χ3v) is 4.81. The SMILES string of the molecule is Fc1ccc(F)c(Nc2cc(-c3cccnc3)nc(NC3CCCCC3)n2)c1. The first-order valence-electron chi connectivity index (χ1n) is 9.45. The smallest absolute Gasteiger partial charge is 0.225 e. The second kappa shape index (κ2) is 8.29.